The van der Waals surface area contributed by atoms with Crippen molar-refractivity contribution in [1.29, 1.82) is 0 Å². The topological polar surface area (TPSA) is 62.5 Å². The third-order valence-corrected chi connectivity index (χ3v) is 3.01. The van der Waals surface area contributed by atoms with Crippen molar-refractivity contribution in [2.45, 2.75) is 33.4 Å². The van der Waals surface area contributed by atoms with E-state index >= 15 is 0 Å². The maximum atomic E-state index is 9.93. The van der Waals surface area contributed by atoms with Crippen molar-refractivity contribution in [2.24, 2.45) is 5.41 Å². The molecule has 0 saturated heterocycles. The number of imidazole rings is 1. The predicted octanol–water partition coefficient (Wildman–Crippen LogP) is 1.23. The Hall–Kier alpha value is -1.46. The molecule has 18 heavy (non-hydrogen) atoms. The number of hydrogen-bond acceptors (Lipinski definition) is 4. The molecule has 0 radical (unpaired) electrons. The third kappa shape index (κ3) is 2.86. The Bertz CT molecular complexity index is 515. The molecule has 5 heteroatoms. The molecule has 2 aromatic rings. The first-order chi connectivity index (χ1) is 8.48. The average molecular weight is 248 g/mol. The van der Waals surface area contributed by atoms with Crippen LogP contribution in [0.1, 0.15) is 26.5 Å². The molecule has 2 heterocycles. The summed E-state index contributed by atoms with van der Waals surface area (Å²) >= 11 is 0. The molecule has 2 rings (SSSR count). The van der Waals surface area contributed by atoms with E-state index in [2.05, 4.69) is 15.3 Å². The fourth-order valence-corrected chi connectivity index (χ4v) is 1.65. The summed E-state index contributed by atoms with van der Waals surface area (Å²) in [7, 11) is 0. The predicted molar refractivity (Wildman–Crippen MR) is 70.2 cm³/mol. The fourth-order valence-electron chi connectivity index (χ4n) is 1.65. The summed E-state index contributed by atoms with van der Waals surface area (Å²) in [4.78, 5) is 8.37. The van der Waals surface area contributed by atoms with Crippen molar-refractivity contribution >= 4 is 5.78 Å². The first kappa shape index (κ1) is 13.0. The van der Waals surface area contributed by atoms with Gasteiger partial charge in [-0.3, -0.25) is 4.40 Å². The van der Waals surface area contributed by atoms with E-state index < -0.39 is 0 Å². The number of rotatable bonds is 4. The van der Waals surface area contributed by atoms with Gasteiger partial charge >= 0.3 is 0 Å². The zero-order valence-corrected chi connectivity index (χ0v) is 11.1. The van der Waals surface area contributed by atoms with Gasteiger partial charge in [-0.25, -0.2) is 9.97 Å². The molecule has 1 atom stereocenters. The van der Waals surface area contributed by atoms with Gasteiger partial charge in [0.15, 0.2) is 0 Å². The maximum Gasteiger partial charge on any atom is 0.233 e. The number of hydrogen-bond donors (Lipinski definition) is 2. The Morgan fingerprint density at radius 1 is 1.39 bits per heavy atom. The Balaban J connectivity index is 1.95. The first-order valence-corrected chi connectivity index (χ1v) is 6.14. The van der Waals surface area contributed by atoms with Crippen molar-refractivity contribution in [3.8, 4) is 0 Å². The van der Waals surface area contributed by atoms with E-state index in [1.807, 2.05) is 37.4 Å². The van der Waals surface area contributed by atoms with Crippen LogP contribution < -0.4 is 5.32 Å². The second-order valence-corrected chi connectivity index (χ2v) is 5.55. The zero-order valence-electron chi connectivity index (χ0n) is 11.1. The van der Waals surface area contributed by atoms with Gasteiger partial charge in [-0.2, -0.15) is 0 Å². The SMILES string of the molecule is CC(C)(C)C(O)CNCc1cnc2ncccn12. The van der Waals surface area contributed by atoms with E-state index in [1.54, 1.807) is 12.4 Å². The van der Waals surface area contributed by atoms with Crippen molar-refractivity contribution in [3.05, 3.63) is 30.4 Å². The van der Waals surface area contributed by atoms with Crippen LogP contribution in [0.2, 0.25) is 0 Å². The average Bonchev–Trinajstić information content (AvgIpc) is 2.71. The standard InChI is InChI=1S/C13H20N4O/c1-13(2,3)11(18)9-14-7-10-8-16-12-15-5-4-6-17(10)12/h4-6,8,11,14,18H,7,9H2,1-3H3. The highest BCUT2D eigenvalue weighted by molar-refractivity contribution is 5.30. The molecule has 0 aliphatic rings. The maximum absolute atomic E-state index is 9.93. The van der Waals surface area contributed by atoms with Gasteiger partial charge in [-0.15, -0.1) is 0 Å². The molecule has 0 saturated carbocycles. The number of aliphatic hydroxyl groups is 1. The van der Waals surface area contributed by atoms with E-state index in [1.165, 1.54) is 0 Å². The summed E-state index contributed by atoms with van der Waals surface area (Å²) in [6.45, 7) is 7.31. The van der Waals surface area contributed by atoms with E-state index in [4.69, 9.17) is 0 Å². The lowest BCUT2D eigenvalue weighted by atomic mass is 9.89. The normalized spacial score (nSPS) is 14.0. The second-order valence-electron chi connectivity index (χ2n) is 5.55. The molecular weight excluding hydrogens is 228 g/mol. The first-order valence-electron chi connectivity index (χ1n) is 6.14. The zero-order chi connectivity index (χ0) is 13.2. The minimum atomic E-state index is -0.366. The Labute approximate surface area is 107 Å². The van der Waals surface area contributed by atoms with Gasteiger partial charge in [0.25, 0.3) is 0 Å². The minimum absolute atomic E-state index is 0.103. The van der Waals surface area contributed by atoms with E-state index in [9.17, 15) is 5.11 Å². The van der Waals surface area contributed by atoms with Gasteiger partial charge in [0.05, 0.1) is 18.0 Å². The highest BCUT2D eigenvalue weighted by Gasteiger charge is 2.21. The molecule has 0 amide bonds. The smallest absolute Gasteiger partial charge is 0.233 e. The fraction of sp³-hybridized carbons (Fsp3) is 0.538. The lowest BCUT2D eigenvalue weighted by Crippen LogP contribution is -2.36. The summed E-state index contributed by atoms with van der Waals surface area (Å²) in [6, 6.07) is 1.88. The summed E-state index contributed by atoms with van der Waals surface area (Å²) in [6.07, 6.45) is 5.10. The number of aromatic nitrogens is 3. The molecule has 0 spiro atoms. The quantitative estimate of drug-likeness (QED) is 0.854. The van der Waals surface area contributed by atoms with Crippen LogP contribution in [0.15, 0.2) is 24.7 Å². The molecule has 5 nitrogen and oxygen atoms in total. The number of nitrogens with zero attached hydrogens (tertiary/aromatic N) is 3. The van der Waals surface area contributed by atoms with Gasteiger partial charge in [0.2, 0.25) is 5.78 Å². The molecular formula is C13H20N4O. The van der Waals surface area contributed by atoms with Crippen LogP contribution in [0.25, 0.3) is 5.78 Å². The monoisotopic (exact) mass is 248 g/mol. The highest BCUT2D eigenvalue weighted by atomic mass is 16.3. The second kappa shape index (κ2) is 5.04. The number of nitrogens with one attached hydrogen (secondary N) is 1. The van der Waals surface area contributed by atoms with Crippen LogP contribution in [-0.4, -0.2) is 32.1 Å². The van der Waals surface area contributed by atoms with Crippen molar-refractivity contribution < 1.29 is 5.11 Å². The van der Waals surface area contributed by atoms with E-state index in [-0.39, 0.29) is 11.5 Å². The van der Waals surface area contributed by atoms with Crippen LogP contribution >= 0.6 is 0 Å². The Morgan fingerprint density at radius 2 is 2.17 bits per heavy atom. The van der Waals surface area contributed by atoms with Crippen LogP contribution in [0.3, 0.4) is 0 Å². The largest absolute Gasteiger partial charge is 0.391 e. The van der Waals surface area contributed by atoms with Crippen LogP contribution in [0, 0.1) is 5.41 Å². The van der Waals surface area contributed by atoms with Crippen LogP contribution in [-0.2, 0) is 6.54 Å². The molecule has 1 unspecified atom stereocenters. The Morgan fingerprint density at radius 3 is 2.89 bits per heavy atom. The van der Waals surface area contributed by atoms with E-state index in [0.29, 0.717) is 18.9 Å². The van der Waals surface area contributed by atoms with Gasteiger partial charge in [-0.1, -0.05) is 20.8 Å². The molecule has 2 N–H and O–H groups in total. The molecule has 0 aliphatic heterocycles. The van der Waals surface area contributed by atoms with Crippen molar-refractivity contribution in [1.82, 2.24) is 19.7 Å². The van der Waals surface area contributed by atoms with Gasteiger partial charge in [0, 0.05) is 25.5 Å². The number of aliphatic hydroxyl groups excluding tert-OH is 1. The number of fused-ring (bicyclic) bond motifs is 1. The van der Waals surface area contributed by atoms with Gasteiger partial charge in [0.1, 0.15) is 0 Å². The third-order valence-electron chi connectivity index (χ3n) is 3.01. The molecule has 0 fully saturated rings. The molecule has 0 bridgehead atoms. The molecule has 0 aliphatic carbocycles. The van der Waals surface area contributed by atoms with E-state index in [0.717, 1.165) is 5.69 Å². The summed E-state index contributed by atoms with van der Waals surface area (Å²) in [5, 5.41) is 13.2. The summed E-state index contributed by atoms with van der Waals surface area (Å²) in [5.41, 5.74) is 0.938. The highest BCUT2D eigenvalue weighted by Crippen LogP contribution is 2.18. The van der Waals surface area contributed by atoms with Crippen molar-refractivity contribution in [2.75, 3.05) is 6.54 Å². The van der Waals surface area contributed by atoms with Crippen LogP contribution in [0.5, 0.6) is 0 Å². The van der Waals surface area contributed by atoms with Crippen LogP contribution in [0.4, 0.5) is 0 Å². The Kier molecular flexibility index (Phi) is 3.63. The van der Waals surface area contributed by atoms with Crippen molar-refractivity contribution in [3.63, 3.8) is 0 Å². The summed E-state index contributed by atoms with van der Waals surface area (Å²) < 4.78 is 1.94. The lowest BCUT2D eigenvalue weighted by Gasteiger charge is -2.25. The molecule has 0 aromatic carbocycles. The van der Waals surface area contributed by atoms with Gasteiger partial charge < -0.3 is 10.4 Å². The summed E-state index contributed by atoms with van der Waals surface area (Å²) in [5.74, 6) is 0.700. The minimum Gasteiger partial charge on any atom is -0.391 e. The molecule has 98 valence electrons. The lowest BCUT2D eigenvalue weighted by molar-refractivity contribution is 0.0627. The van der Waals surface area contributed by atoms with Gasteiger partial charge in [-0.05, 0) is 11.5 Å². The molecule has 2 aromatic heterocycles.